The zero-order valence-corrected chi connectivity index (χ0v) is 14.3. The topological polar surface area (TPSA) is 137 Å². The minimum atomic E-state index is -1.09. The Morgan fingerprint density at radius 3 is 2.12 bits per heavy atom. The van der Waals surface area contributed by atoms with E-state index in [1.165, 1.54) is 20.8 Å². The molecular formula is C15H21N3O7. The van der Waals surface area contributed by atoms with E-state index in [0.29, 0.717) is 0 Å². The van der Waals surface area contributed by atoms with E-state index in [4.69, 9.17) is 24.5 Å². The van der Waals surface area contributed by atoms with Gasteiger partial charge in [0.05, 0.1) is 6.10 Å². The quantitative estimate of drug-likeness (QED) is 0.168. The molecule has 1 heterocycles. The average molecular weight is 355 g/mol. The molecule has 0 radical (unpaired) electrons. The van der Waals surface area contributed by atoms with Crippen molar-refractivity contribution in [2.24, 2.45) is 5.11 Å². The summed E-state index contributed by atoms with van der Waals surface area (Å²) in [5.74, 6) is -1.81. The van der Waals surface area contributed by atoms with E-state index in [1.54, 1.807) is 6.08 Å². The first-order valence-corrected chi connectivity index (χ1v) is 7.58. The SMILES string of the molecule is C=CC[C@H]1O[C@H](COC(C)=O)[C@H](OC(C)=O)[C@H](N=[N+]=[N-])[C@H]1OC(C)=O. The number of esters is 3. The van der Waals surface area contributed by atoms with Gasteiger partial charge in [-0.05, 0) is 12.0 Å². The fourth-order valence-corrected chi connectivity index (χ4v) is 2.56. The lowest BCUT2D eigenvalue weighted by Crippen LogP contribution is -2.60. The summed E-state index contributed by atoms with van der Waals surface area (Å²) in [7, 11) is 0. The Kier molecular flexibility index (Phi) is 7.90. The highest BCUT2D eigenvalue weighted by Crippen LogP contribution is 2.30. The molecule has 5 atom stereocenters. The molecule has 0 aromatic carbocycles. The van der Waals surface area contributed by atoms with Gasteiger partial charge in [-0.2, -0.15) is 0 Å². The van der Waals surface area contributed by atoms with E-state index in [-0.39, 0.29) is 13.0 Å². The lowest BCUT2D eigenvalue weighted by molar-refractivity contribution is -0.216. The number of azide groups is 1. The van der Waals surface area contributed by atoms with Gasteiger partial charge in [-0.3, -0.25) is 14.4 Å². The predicted molar refractivity (Wildman–Crippen MR) is 84.2 cm³/mol. The van der Waals surface area contributed by atoms with E-state index < -0.39 is 48.4 Å². The van der Waals surface area contributed by atoms with Crippen LogP contribution in [0.1, 0.15) is 27.2 Å². The first kappa shape index (κ1) is 20.5. The highest BCUT2D eigenvalue weighted by atomic mass is 16.6. The van der Waals surface area contributed by atoms with Gasteiger partial charge >= 0.3 is 17.9 Å². The smallest absolute Gasteiger partial charge is 0.303 e. The molecule has 0 unspecified atom stereocenters. The van der Waals surface area contributed by atoms with E-state index in [9.17, 15) is 14.4 Å². The van der Waals surface area contributed by atoms with Crippen molar-refractivity contribution in [3.8, 4) is 0 Å². The van der Waals surface area contributed by atoms with Gasteiger partial charge in [0, 0.05) is 25.7 Å². The van der Waals surface area contributed by atoms with Crippen molar-refractivity contribution in [3.05, 3.63) is 23.1 Å². The maximum atomic E-state index is 11.4. The van der Waals surface area contributed by atoms with Gasteiger partial charge in [0.2, 0.25) is 0 Å². The van der Waals surface area contributed by atoms with Crippen molar-refractivity contribution in [1.82, 2.24) is 0 Å². The highest BCUT2D eigenvalue weighted by Gasteiger charge is 2.49. The summed E-state index contributed by atoms with van der Waals surface area (Å²) in [4.78, 5) is 36.7. The molecule has 1 rings (SSSR count). The molecule has 0 N–H and O–H groups in total. The number of ether oxygens (including phenoxy) is 4. The molecular weight excluding hydrogens is 334 g/mol. The Balaban J connectivity index is 3.22. The Labute approximate surface area is 144 Å². The van der Waals surface area contributed by atoms with Gasteiger partial charge in [0.25, 0.3) is 0 Å². The highest BCUT2D eigenvalue weighted by molar-refractivity contribution is 5.67. The van der Waals surface area contributed by atoms with E-state index in [2.05, 4.69) is 16.6 Å². The molecule has 10 nitrogen and oxygen atoms in total. The van der Waals surface area contributed by atoms with Gasteiger partial charge in [-0.15, -0.1) is 6.58 Å². The Morgan fingerprint density at radius 2 is 1.68 bits per heavy atom. The third kappa shape index (κ3) is 6.09. The summed E-state index contributed by atoms with van der Waals surface area (Å²) < 4.78 is 21.2. The number of hydrogen-bond donors (Lipinski definition) is 0. The van der Waals surface area contributed by atoms with E-state index in [0.717, 1.165) is 0 Å². The second-order valence-corrected chi connectivity index (χ2v) is 5.38. The van der Waals surface area contributed by atoms with Crippen LogP contribution in [0.2, 0.25) is 0 Å². The number of carbonyl (C=O) groups is 3. The first-order chi connectivity index (χ1) is 11.8. The van der Waals surface area contributed by atoms with Crippen LogP contribution in [0.4, 0.5) is 0 Å². The predicted octanol–water partition coefficient (Wildman–Crippen LogP) is 1.44. The molecule has 0 spiro atoms. The molecule has 138 valence electrons. The van der Waals surface area contributed by atoms with Gasteiger partial charge in [0.15, 0.2) is 0 Å². The zero-order chi connectivity index (χ0) is 19.0. The van der Waals surface area contributed by atoms with Crippen molar-refractivity contribution in [1.29, 1.82) is 0 Å². The Hall–Kier alpha value is -2.58. The molecule has 0 amide bonds. The van der Waals surface area contributed by atoms with Gasteiger partial charge in [-0.25, -0.2) is 0 Å². The van der Waals surface area contributed by atoms with E-state index in [1.807, 2.05) is 0 Å². The van der Waals surface area contributed by atoms with Crippen LogP contribution in [0.3, 0.4) is 0 Å². The number of carbonyl (C=O) groups excluding carboxylic acids is 3. The van der Waals surface area contributed by atoms with Crippen LogP contribution in [0.15, 0.2) is 17.8 Å². The second kappa shape index (κ2) is 9.65. The molecule has 0 bridgehead atoms. The second-order valence-electron chi connectivity index (χ2n) is 5.38. The third-order valence-electron chi connectivity index (χ3n) is 3.39. The van der Waals surface area contributed by atoms with Gasteiger partial charge in [0.1, 0.15) is 31.0 Å². The molecule has 1 aliphatic rings. The number of hydrogen-bond acceptors (Lipinski definition) is 8. The monoisotopic (exact) mass is 355 g/mol. The first-order valence-electron chi connectivity index (χ1n) is 7.58. The fraction of sp³-hybridized carbons (Fsp3) is 0.667. The van der Waals surface area contributed by atoms with Gasteiger partial charge < -0.3 is 18.9 Å². The largest absolute Gasteiger partial charge is 0.463 e. The maximum Gasteiger partial charge on any atom is 0.303 e. The Bertz CT molecular complexity index is 573. The molecule has 10 heteroatoms. The van der Waals surface area contributed by atoms with Crippen LogP contribution in [0, 0.1) is 0 Å². The van der Waals surface area contributed by atoms with Crippen LogP contribution in [-0.2, 0) is 33.3 Å². The number of rotatable bonds is 7. The van der Waals surface area contributed by atoms with Crippen LogP contribution in [-0.4, -0.2) is 55.0 Å². The molecule has 0 aromatic heterocycles. The van der Waals surface area contributed by atoms with Crippen molar-refractivity contribution in [2.75, 3.05) is 6.61 Å². The van der Waals surface area contributed by atoms with Crippen molar-refractivity contribution < 1.29 is 33.3 Å². The zero-order valence-electron chi connectivity index (χ0n) is 14.3. The Morgan fingerprint density at radius 1 is 1.12 bits per heavy atom. The molecule has 1 saturated heterocycles. The van der Waals surface area contributed by atoms with E-state index >= 15 is 0 Å². The normalized spacial score (nSPS) is 28.2. The maximum absolute atomic E-state index is 11.4. The van der Waals surface area contributed by atoms with Crippen LogP contribution in [0.25, 0.3) is 10.4 Å². The molecule has 1 fully saturated rings. The lowest BCUT2D eigenvalue weighted by atomic mass is 9.91. The van der Waals surface area contributed by atoms with Crippen molar-refractivity contribution >= 4 is 17.9 Å². The molecule has 0 saturated carbocycles. The van der Waals surface area contributed by atoms with Gasteiger partial charge in [-0.1, -0.05) is 11.2 Å². The molecule has 0 aromatic rings. The minimum Gasteiger partial charge on any atom is -0.463 e. The summed E-state index contributed by atoms with van der Waals surface area (Å²) in [6.07, 6.45) is -1.84. The minimum absolute atomic E-state index is 0.217. The summed E-state index contributed by atoms with van der Waals surface area (Å²) in [6, 6.07) is -1.04. The van der Waals surface area contributed by atoms with Crippen molar-refractivity contribution in [3.63, 3.8) is 0 Å². The standard InChI is InChI=1S/C15H21N3O7/c1-5-6-11-14(23-9(3)20)13(17-18-16)15(24-10(4)21)12(25-11)7-22-8(2)19/h5,11-15H,1,6-7H2,2-4H3/t11-,12-,13-,14+,15+/m1/s1. The third-order valence-corrected chi connectivity index (χ3v) is 3.39. The van der Waals surface area contributed by atoms with Crippen molar-refractivity contribution in [2.45, 2.75) is 57.6 Å². The van der Waals surface area contributed by atoms with Crippen LogP contribution >= 0.6 is 0 Å². The summed E-state index contributed by atoms with van der Waals surface area (Å²) in [6.45, 7) is 6.99. The molecule has 0 aliphatic carbocycles. The number of nitrogens with zero attached hydrogens (tertiary/aromatic N) is 3. The van der Waals surface area contributed by atoms with Crippen LogP contribution in [0.5, 0.6) is 0 Å². The summed E-state index contributed by atoms with van der Waals surface area (Å²) in [5.41, 5.74) is 8.87. The fourth-order valence-electron chi connectivity index (χ4n) is 2.56. The molecule has 1 aliphatic heterocycles. The summed E-state index contributed by atoms with van der Waals surface area (Å²) in [5, 5.41) is 3.63. The summed E-state index contributed by atoms with van der Waals surface area (Å²) >= 11 is 0. The lowest BCUT2D eigenvalue weighted by Gasteiger charge is -2.43. The van der Waals surface area contributed by atoms with Crippen LogP contribution < -0.4 is 0 Å². The molecule has 25 heavy (non-hydrogen) atoms. The average Bonchev–Trinajstić information content (AvgIpc) is 2.50.